The zero-order chi connectivity index (χ0) is 10.8. The number of ether oxygens (including phenoxy) is 2. The van der Waals surface area contributed by atoms with E-state index in [0.29, 0.717) is 0 Å². The first-order valence-corrected chi connectivity index (χ1v) is 6.27. The Morgan fingerprint density at radius 3 is 2.33 bits per heavy atom. The van der Waals surface area contributed by atoms with Crippen LogP contribution in [0.2, 0.25) is 0 Å². The zero-order valence-electron chi connectivity index (χ0n) is 9.97. The minimum absolute atomic E-state index is 0.0808. The fraction of sp³-hybridized carbons (Fsp3) is 1.00. The van der Waals surface area contributed by atoms with Crippen LogP contribution in [-0.2, 0) is 9.47 Å². The molecule has 0 saturated carbocycles. The van der Waals surface area contributed by atoms with E-state index in [2.05, 4.69) is 19.2 Å². The second-order valence-corrected chi connectivity index (χ2v) is 4.78. The largest absolute Gasteiger partial charge is 0.381 e. The maximum atomic E-state index is 6.41. The smallest absolute Gasteiger partial charge is 0.124 e. The van der Waals surface area contributed by atoms with Gasteiger partial charge in [0.15, 0.2) is 0 Å². The molecule has 0 aromatic rings. The lowest BCUT2D eigenvalue weighted by Crippen LogP contribution is -2.61. The van der Waals surface area contributed by atoms with E-state index in [1.54, 1.807) is 0 Å². The van der Waals surface area contributed by atoms with Crippen molar-refractivity contribution >= 4 is 0 Å². The fourth-order valence-electron chi connectivity index (χ4n) is 2.75. The van der Waals surface area contributed by atoms with Crippen LogP contribution in [0.25, 0.3) is 0 Å². The highest BCUT2D eigenvalue weighted by atomic mass is 16.6. The highest BCUT2D eigenvalue weighted by Gasteiger charge is 2.44. The van der Waals surface area contributed by atoms with Gasteiger partial charge in [0.25, 0.3) is 0 Å². The van der Waals surface area contributed by atoms with Crippen molar-refractivity contribution in [3.63, 3.8) is 0 Å². The molecule has 0 aromatic heterocycles. The van der Waals surface area contributed by atoms with E-state index in [-0.39, 0.29) is 11.3 Å². The van der Waals surface area contributed by atoms with Crippen molar-refractivity contribution in [2.75, 3.05) is 19.8 Å². The molecule has 15 heavy (non-hydrogen) atoms. The van der Waals surface area contributed by atoms with Crippen LogP contribution < -0.4 is 5.32 Å². The molecule has 3 nitrogen and oxygen atoms in total. The Morgan fingerprint density at radius 2 is 1.73 bits per heavy atom. The molecule has 2 aliphatic heterocycles. The second kappa shape index (κ2) is 4.40. The average Bonchev–Trinajstić information content (AvgIpc) is 2.30. The van der Waals surface area contributed by atoms with Crippen LogP contribution >= 0.6 is 0 Å². The number of hydrogen-bond donors (Lipinski definition) is 1. The van der Waals surface area contributed by atoms with Crippen molar-refractivity contribution in [3.8, 4) is 0 Å². The summed E-state index contributed by atoms with van der Waals surface area (Å²) < 4.78 is 11.8. The Labute approximate surface area is 92.5 Å². The van der Waals surface area contributed by atoms with Crippen molar-refractivity contribution in [2.45, 2.75) is 57.3 Å². The third kappa shape index (κ3) is 2.19. The molecule has 3 heteroatoms. The van der Waals surface area contributed by atoms with E-state index in [1.807, 2.05) is 0 Å². The molecule has 2 heterocycles. The van der Waals surface area contributed by atoms with Gasteiger partial charge in [0.1, 0.15) is 5.72 Å². The van der Waals surface area contributed by atoms with E-state index in [0.717, 1.165) is 51.9 Å². The molecular weight excluding hydrogens is 190 g/mol. The molecule has 0 amide bonds. The second-order valence-electron chi connectivity index (χ2n) is 4.78. The molecule has 0 aliphatic carbocycles. The van der Waals surface area contributed by atoms with Crippen molar-refractivity contribution in [1.29, 1.82) is 0 Å². The molecule has 0 aromatic carbocycles. The molecule has 0 bridgehead atoms. The summed E-state index contributed by atoms with van der Waals surface area (Å²) in [7, 11) is 0. The van der Waals surface area contributed by atoms with Gasteiger partial charge in [-0.3, -0.25) is 5.32 Å². The average molecular weight is 213 g/mol. The molecule has 2 aliphatic rings. The molecule has 0 unspecified atom stereocenters. The minimum atomic E-state index is -0.0808. The van der Waals surface area contributed by atoms with E-state index < -0.39 is 0 Å². The zero-order valence-corrected chi connectivity index (χ0v) is 9.97. The van der Waals surface area contributed by atoms with Gasteiger partial charge in [-0.25, -0.2) is 0 Å². The van der Waals surface area contributed by atoms with Crippen LogP contribution in [0.15, 0.2) is 0 Å². The van der Waals surface area contributed by atoms with Gasteiger partial charge < -0.3 is 9.47 Å². The van der Waals surface area contributed by atoms with Crippen LogP contribution in [-0.4, -0.2) is 31.1 Å². The van der Waals surface area contributed by atoms with Gasteiger partial charge in [0.2, 0.25) is 0 Å². The molecule has 2 rings (SSSR count). The maximum absolute atomic E-state index is 6.41. The summed E-state index contributed by atoms with van der Waals surface area (Å²) >= 11 is 0. The summed E-state index contributed by atoms with van der Waals surface area (Å²) in [6.45, 7) is 7.22. The Morgan fingerprint density at radius 1 is 1.07 bits per heavy atom. The summed E-state index contributed by atoms with van der Waals surface area (Å²) in [5, 5.41) is 3.56. The SMILES string of the molecule is CCC1(CC)CCNC2(CCOCC2)O1. The highest BCUT2D eigenvalue weighted by molar-refractivity contribution is 4.93. The van der Waals surface area contributed by atoms with Crippen LogP contribution in [0.5, 0.6) is 0 Å². The molecule has 0 atom stereocenters. The quantitative estimate of drug-likeness (QED) is 0.761. The van der Waals surface area contributed by atoms with E-state index in [9.17, 15) is 0 Å². The first-order valence-electron chi connectivity index (χ1n) is 6.27. The molecule has 1 N–H and O–H groups in total. The standard InChI is InChI=1S/C12H23NO2/c1-3-11(4-2)5-8-13-12(15-11)6-9-14-10-7-12/h13H,3-10H2,1-2H3. The Kier molecular flexibility index (Phi) is 3.33. The summed E-state index contributed by atoms with van der Waals surface area (Å²) in [4.78, 5) is 0. The Balaban J connectivity index is 2.07. The van der Waals surface area contributed by atoms with Gasteiger partial charge >= 0.3 is 0 Å². The van der Waals surface area contributed by atoms with Crippen molar-refractivity contribution in [1.82, 2.24) is 5.32 Å². The molecule has 2 fully saturated rings. The normalized spacial score (nSPS) is 29.2. The van der Waals surface area contributed by atoms with Crippen LogP contribution in [0.4, 0.5) is 0 Å². The van der Waals surface area contributed by atoms with Gasteiger partial charge in [0, 0.05) is 19.4 Å². The number of hydrogen-bond acceptors (Lipinski definition) is 3. The lowest BCUT2D eigenvalue weighted by atomic mass is 9.88. The van der Waals surface area contributed by atoms with Gasteiger partial charge in [-0.1, -0.05) is 13.8 Å². The summed E-state index contributed by atoms with van der Waals surface area (Å²) in [6.07, 6.45) is 5.37. The number of rotatable bonds is 2. The van der Waals surface area contributed by atoms with Gasteiger partial charge in [-0.15, -0.1) is 0 Å². The number of nitrogens with one attached hydrogen (secondary N) is 1. The highest BCUT2D eigenvalue weighted by Crippen LogP contribution is 2.37. The molecule has 88 valence electrons. The van der Waals surface area contributed by atoms with Crippen molar-refractivity contribution < 1.29 is 9.47 Å². The Bertz CT molecular complexity index is 202. The third-order valence-corrected chi connectivity index (χ3v) is 4.03. The van der Waals surface area contributed by atoms with Crippen LogP contribution in [0, 0.1) is 0 Å². The summed E-state index contributed by atoms with van der Waals surface area (Å²) in [6, 6.07) is 0. The molecule has 1 spiro atoms. The Hall–Kier alpha value is -0.120. The maximum Gasteiger partial charge on any atom is 0.124 e. The summed E-state index contributed by atoms with van der Waals surface area (Å²) in [5.74, 6) is 0. The summed E-state index contributed by atoms with van der Waals surface area (Å²) in [5.41, 5.74) is 0.0328. The van der Waals surface area contributed by atoms with Gasteiger partial charge in [-0.05, 0) is 19.3 Å². The van der Waals surface area contributed by atoms with Crippen LogP contribution in [0.1, 0.15) is 46.0 Å². The molecule has 2 saturated heterocycles. The lowest BCUT2D eigenvalue weighted by molar-refractivity contribution is -0.230. The van der Waals surface area contributed by atoms with E-state index in [1.165, 1.54) is 0 Å². The van der Waals surface area contributed by atoms with Crippen LogP contribution in [0.3, 0.4) is 0 Å². The first-order chi connectivity index (χ1) is 7.24. The monoisotopic (exact) mass is 213 g/mol. The van der Waals surface area contributed by atoms with Gasteiger partial charge in [0.05, 0.1) is 18.8 Å². The van der Waals surface area contributed by atoms with E-state index in [4.69, 9.17) is 9.47 Å². The predicted molar refractivity (Wildman–Crippen MR) is 59.8 cm³/mol. The lowest BCUT2D eigenvalue weighted by Gasteiger charge is -2.50. The predicted octanol–water partition coefficient (Wildman–Crippen LogP) is 2.06. The molecule has 0 radical (unpaired) electrons. The molecular formula is C12H23NO2. The fourth-order valence-corrected chi connectivity index (χ4v) is 2.75. The van der Waals surface area contributed by atoms with E-state index >= 15 is 0 Å². The minimum Gasteiger partial charge on any atom is -0.381 e. The third-order valence-electron chi connectivity index (χ3n) is 4.03. The topological polar surface area (TPSA) is 30.5 Å². The first kappa shape index (κ1) is 11.4. The van der Waals surface area contributed by atoms with Crippen molar-refractivity contribution in [3.05, 3.63) is 0 Å². The van der Waals surface area contributed by atoms with Gasteiger partial charge in [-0.2, -0.15) is 0 Å². The van der Waals surface area contributed by atoms with Crippen molar-refractivity contribution in [2.24, 2.45) is 0 Å².